The number of aromatic nitrogens is 1. The molecule has 0 fully saturated rings. The number of nitrogens with one attached hydrogen (secondary N) is 2. The van der Waals surface area contributed by atoms with Gasteiger partial charge in [-0.05, 0) is 61.0 Å². The number of carbonyl (C=O) groups excluding carboxylic acids is 3. The molecule has 258 valence electrons. The second-order valence-corrected chi connectivity index (χ2v) is 12.8. The molecule has 0 saturated carbocycles. The number of benzene rings is 5. The predicted molar refractivity (Wildman–Crippen MR) is 203 cm³/mol. The van der Waals surface area contributed by atoms with Crippen molar-refractivity contribution in [1.82, 2.24) is 9.88 Å². The molecule has 0 radical (unpaired) electrons. The van der Waals surface area contributed by atoms with Gasteiger partial charge in [-0.15, -0.1) is 11.8 Å². The van der Waals surface area contributed by atoms with Crippen LogP contribution in [-0.4, -0.2) is 48.9 Å². The molecule has 2 N–H and O–H groups in total. The number of thioether (sulfide) groups is 1. The third-order valence-electron chi connectivity index (χ3n) is 8.38. The summed E-state index contributed by atoms with van der Waals surface area (Å²) in [5.41, 5.74) is 3.06. The van der Waals surface area contributed by atoms with Crippen LogP contribution in [0, 0.1) is 0 Å². The van der Waals surface area contributed by atoms with Crippen LogP contribution in [0.25, 0.3) is 27.9 Å². The molecule has 1 atom stereocenters. The third-order valence-corrected chi connectivity index (χ3v) is 9.73. The summed E-state index contributed by atoms with van der Waals surface area (Å²) in [6, 6.07) is 35.1. The first kappa shape index (κ1) is 34.8. The molecule has 0 aliphatic heterocycles. The van der Waals surface area contributed by atoms with E-state index in [9.17, 15) is 14.4 Å². The van der Waals surface area contributed by atoms with Crippen molar-refractivity contribution in [3.8, 4) is 17.2 Å². The van der Waals surface area contributed by atoms with Gasteiger partial charge in [0.2, 0.25) is 5.91 Å². The van der Waals surface area contributed by atoms with Crippen molar-refractivity contribution in [2.24, 2.45) is 0 Å². The van der Waals surface area contributed by atoms with Crippen molar-refractivity contribution in [3.05, 3.63) is 132 Å². The van der Waals surface area contributed by atoms with Crippen LogP contribution in [0.5, 0.6) is 17.2 Å². The summed E-state index contributed by atoms with van der Waals surface area (Å²) in [7, 11) is 4.52. The molecular formula is C41H37N3O6S. The van der Waals surface area contributed by atoms with Crippen molar-refractivity contribution in [3.63, 3.8) is 0 Å². The second kappa shape index (κ2) is 15.7. The van der Waals surface area contributed by atoms with Gasteiger partial charge in [-0.1, -0.05) is 67.6 Å². The normalized spacial score (nSPS) is 12.0. The Morgan fingerprint density at radius 3 is 1.96 bits per heavy atom. The van der Waals surface area contributed by atoms with E-state index in [1.165, 1.54) is 39.2 Å². The summed E-state index contributed by atoms with van der Waals surface area (Å²) >= 11 is 1.44. The highest BCUT2D eigenvalue weighted by Crippen LogP contribution is 2.36. The number of ether oxygens (including phenoxy) is 3. The molecule has 6 aromatic rings. The number of para-hydroxylation sites is 2. The van der Waals surface area contributed by atoms with E-state index in [1.807, 2.05) is 78.2 Å². The quantitative estimate of drug-likeness (QED) is 0.0975. The first-order chi connectivity index (χ1) is 24.8. The Bertz CT molecular complexity index is 2210. The van der Waals surface area contributed by atoms with Gasteiger partial charge < -0.3 is 24.8 Å². The number of methoxy groups -OCH3 is 3. The molecule has 0 bridgehead atoms. The highest BCUT2D eigenvalue weighted by atomic mass is 32.2. The minimum Gasteiger partial charge on any atom is -0.496 e. The summed E-state index contributed by atoms with van der Waals surface area (Å²) in [4.78, 5) is 42.1. The Hall–Kier alpha value is -6.00. The van der Waals surface area contributed by atoms with Crippen molar-refractivity contribution in [1.29, 1.82) is 0 Å². The van der Waals surface area contributed by atoms with Crippen LogP contribution in [0.2, 0.25) is 0 Å². The zero-order valence-corrected chi connectivity index (χ0v) is 29.5. The molecule has 9 nitrogen and oxygen atoms in total. The molecule has 1 unspecified atom stereocenters. The summed E-state index contributed by atoms with van der Waals surface area (Å²) in [6.45, 7) is 1.99. The number of hydrogen-bond acceptors (Lipinski definition) is 7. The van der Waals surface area contributed by atoms with Gasteiger partial charge in [-0.3, -0.25) is 19.0 Å². The van der Waals surface area contributed by atoms with Gasteiger partial charge in [0, 0.05) is 38.5 Å². The monoisotopic (exact) mass is 699 g/mol. The fourth-order valence-electron chi connectivity index (χ4n) is 5.89. The van der Waals surface area contributed by atoms with E-state index >= 15 is 0 Å². The Morgan fingerprint density at radius 1 is 0.725 bits per heavy atom. The lowest BCUT2D eigenvalue weighted by molar-refractivity contribution is -0.113. The molecule has 0 saturated heterocycles. The molecule has 5 aromatic carbocycles. The zero-order valence-electron chi connectivity index (χ0n) is 28.6. The van der Waals surface area contributed by atoms with Crippen LogP contribution in [-0.2, 0) is 4.79 Å². The fourth-order valence-corrected chi connectivity index (χ4v) is 6.94. The maximum absolute atomic E-state index is 14.2. The van der Waals surface area contributed by atoms with Crippen molar-refractivity contribution < 1.29 is 28.6 Å². The number of nitrogens with zero attached hydrogens (tertiary/aromatic N) is 1. The Kier molecular flexibility index (Phi) is 10.7. The standard InChI is InChI=1S/C41H37N3O6S/c1-5-38(41(47)44-33-20-11-9-18-30(33)31-19-10-12-21-34(31)44)51-29-17-13-16-28(24-29)42-40(46)32(43-39(45)26-14-7-6-8-15-26)22-27-23-36(49-3)37(50-4)25-35(27)48-2/h6-25,38H,5H2,1-4H3,(H,42,46)(H,43,45)/b32-22+. The number of anilines is 1. The third kappa shape index (κ3) is 7.46. The molecule has 1 heterocycles. The summed E-state index contributed by atoms with van der Waals surface area (Å²) < 4.78 is 18.3. The van der Waals surface area contributed by atoms with Crippen LogP contribution >= 0.6 is 11.8 Å². The smallest absolute Gasteiger partial charge is 0.272 e. The average Bonchev–Trinajstić information content (AvgIpc) is 3.51. The fraction of sp³-hybridized carbons (Fsp3) is 0.146. The van der Waals surface area contributed by atoms with Gasteiger partial charge in [0.1, 0.15) is 11.4 Å². The Labute approximate surface area is 300 Å². The van der Waals surface area contributed by atoms with E-state index in [0.717, 1.165) is 26.7 Å². The summed E-state index contributed by atoms with van der Waals surface area (Å²) in [5, 5.41) is 7.35. The number of carbonyl (C=O) groups is 3. The lowest BCUT2D eigenvalue weighted by Gasteiger charge is -2.17. The van der Waals surface area contributed by atoms with Gasteiger partial charge in [0.15, 0.2) is 11.5 Å². The molecular weight excluding hydrogens is 663 g/mol. The van der Waals surface area contributed by atoms with E-state index in [1.54, 1.807) is 48.5 Å². The SMILES string of the molecule is CCC(Sc1cccc(NC(=O)/C(=C\c2cc(OC)c(OC)cc2OC)NC(=O)c2ccccc2)c1)C(=O)n1c2ccccc2c2ccccc21. The predicted octanol–water partition coefficient (Wildman–Crippen LogP) is 8.44. The first-order valence-electron chi connectivity index (χ1n) is 16.3. The van der Waals surface area contributed by atoms with Crippen LogP contribution in [0.1, 0.15) is 34.1 Å². The highest BCUT2D eigenvalue weighted by molar-refractivity contribution is 8.00. The lowest BCUT2D eigenvalue weighted by Crippen LogP contribution is -2.30. The molecule has 0 aliphatic rings. The van der Waals surface area contributed by atoms with Crippen molar-refractivity contribution in [2.75, 3.05) is 26.6 Å². The Morgan fingerprint density at radius 2 is 1.33 bits per heavy atom. The van der Waals surface area contributed by atoms with Gasteiger partial charge in [0.25, 0.3) is 11.8 Å². The average molecular weight is 700 g/mol. The van der Waals surface area contributed by atoms with Gasteiger partial charge >= 0.3 is 0 Å². The number of hydrogen-bond donors (Lipinski definition) is 2. The maximum Gasteiger partial charge on any atom is 0.272 e. The van der Waals surface area contributed by atoms with Gasteiger partial charge in [-0.25, -0.2) is 0 Å². The number of amides is 2. The first-order valence-corrected chi connectivity index (χ1v) is 17.2. The van der Waals surface area contributed by atoms with Crippen LogP contribution < -0.4 is 24.8 Å². The van der Waals surface area contributed by atoms with E-state index in [-0.39, 0.29) is 11.6 Å². The zero-order chi connectivity index (χ0) is 35.9. The van der Waals surface area contributed by atoms with Crippen LogP contribution in [0.3, 0.4) is 0 Å². The van der Waals surface area contributed by atoms with Crippen LogP contribution in [0.15, 0.2) is 126 Å². The lowest BCUT2D eigenvalue weighted by atomic mass is 10.1. The summed E-state index contributed by atoms with van der Waals surface area (Å²) in [5.74, 6) is 0.226. The topological polar surface area (TPSA) is 108 Å². The molecule has 51 heavy (non-hydrogen) atoms. The van der Waals surface area contributed by atoms with Crippen molar-refractivity contribution >= 4 is 63.1 Å². The van der Waals surface area contributed by atoms with E-state index < -0.39 is 17.1 Å². The number of fused-ring (bicyclic) bond motifs is 3. The molecule has 10 heteroatoms. The van der Waals surface area contributed by atoms with E-state index in [2.05, 4.69) is 10.6 Å². The minimum absolute atomic E-state index is 0.0213. The van der Waals surface area contributed by atoms with Crippen molar-refractivity contribution in [2.45, 2.75) is 23.5 Å². The maximum atomic E-state index is 14.2. The van der Waals surface area contributed by atoms with Gasteiger partial charge in [-0.2, -0.15) is 0 Å². The molecule has 2 amide bonds. The molecule has 6 rings (SSSR count). The summed E-state index contributed by atoms with van der Waals surface area (Å²) in [6.07, 6.45) is 2.11. The van der Waals surface area contributed by atoms with E-state index in [4.69, 9.17) is 14.2 Å². The highest BCUT2D eigenvalue weighted by Gasteiger charge is 2.24. The Balaban J connectivity index is 1.29. The largest absolute Gasteiger partial charge is 0.496 e. The molecule has 0 aliphatic carbocycles. The number of rotatable bonds is 12. The molecule has 0 spiro atoms. The second-order valence-electron chi connectivity index (χ2n) is 11.5. The van der Waals surface area contributed by atoms with Gasteiger partial charge in [0.05, 0.1) is 37.6 Å². The van der Waals surface area contributed by atoms with Crippen LogP contribution in [0.4, 0.5) is 5.69 Å². The minimum atomic E-state index is -0.563. The molecule has 1 aromatic heterocycles. The van der Waals surface area contributed by atoms with E-state index in [0.29, 0.717) is 40.5 Å².